The molecule has 2 aromatic carbocycles. The monoisotopic (exact) mass is 487 g/mol. The van der Waals surface area contributed by atoms with E-state index < -0.39 is 0 Å². The van der Waals surface area contributed by atoms with Crippen LogP contribution in [0.3, 0.4) is 0 Å². The molecule has 1 aliphatic heterocycles. The molecule has 1 atom stereocenters. The topological polar surface area (TPSA) is 74.9 Å². The lowest BCUT2D eigenvalue weighted by Crippen LogP contribution is -2.37. The van der Waals surface area contributed by atoms with Crippen LogP contribution in [0, 0.1) is 12.5 Å². The summed E-state index contributed by atoms with van der Waals surface area (Å²) in [5, 5.41) is 24.4. The average Bonchev–Trinajstić information content (AvgIpc) is 2.84. The van der Waals surface area contributed by atoms with Gasteiger partial charge in [-0.3, -0.25) is 0 Å². The van der Waals surface area contributed by atoms with Crippen molar-refractivity contribution in [1.29, 1.82) is 0 Å². The Morgan fingerprint density at radius 2 is 2.09 bits per heavy atom. The molecule has 1 saturated heterocycles. The molecule has 2 heterocycles. The van der Waals surface area contributed by atoms with Crippen LogP contribution < -0.4 is 15.0 Å². The lowest BCUT2D eigenvalue weighted by Gasteiger charge is -2.33. The zero-order valence-electron chi connectivity index (χ0n) is 18.4. The van der Waals surface area contributed by atoms with Crippen molar-refractivity contribution in [2.24, 2.45) is 5.92 Å². The molecule has 1 unspecified atom stereocenters. The summed E-state index contributed by atoms with van der Waals surface area (Å²) < 4.78 is 5.21. The molecule has 1 fully saturated rings. The number of anilines is 2. The van der Waals surface area contributed by atoms with Crippen LogP contribution in [0.25, 0.3) is 15.6 Å². The first-order valence-corrected chi connectivity index (χ1v) is 11.1. The highest BCUT2D eigenvalue weighted by Crippen LogP contribution is 2.33. The summed E-state index contributed by atoms with van der Waals surface area (Å²) in [6.07, 6.45) is 2.79. The minimum Gasteiger partial charge on any atom is -0.495 e. The van der Waals surface area contributed by atoms with E-state index in [1.807, 2.05) is 36.4 Å². The lowest BCUT2D eigenvalue weighted by atomic mass is 9.98. The van der Waals surface area contributed by atoms with Gasteiger partial charge in [0.1, 0.15) is 5.75 Å². The highest BCUT2D eigenvalue weighted by Gasteiger charge is 2.23. The van der Waals surface area contributed by atoms with E-state index in [9.17, 15) is 5.11 Å². The third kappa shape index (κ3) is 5.59. The molecule has 0 radical (unpaired) electrons. The Kier molecular flexibility index (Phi) is 8.56. The van der Waals surface area contributed by atoms with Crippen LogP contribution in [0.15, 0.2) is 36.4 Å². The van der Waals surface area contributed by atoms with E-state index in [0.29, 0.717) is 28.8 Å². The molecule has 1 aliphatic rings. The quantitative estimate of drug-likeness (QED) is 0.450. The average molecular weight is 488 g/mol. The number of fused-ring (bicyclic) bond motifs is 1. The molecule has 0 saturated carbocycles. The first-order chi connectivity index (χ1) is 15.6. The fourth-order valence-corrected chi connectivity index (χ4v) is 4.44. The Bertz CT molecular complexity index is 1150. The molecule has 4 rings (SSSR count). The molecule has 3 aromatic rings. The highest BCUT2D eigenvalue weighted by molar-refractivity contribution is 6.32. The Balaban J connectivity index is 0.00000306. The van der Waals surface area contributed by atoms with E-state index in [0.717, 1.165) is 54.5 Å². The molecular weight excluding hydrogens is 461 g/mol. The van der Waals surface area contributed by atoms with Gasteiger partial charge < -0.3 is 20.1 Å². The first-order valence-electron chi connectivity index (χ1n) is 10.7. The van der Waals surface area contributed by atoms with Crippen molar-refractivity contribution in [3.8, 4) is 5.75 Å². The van der Waals surface area contributed by atoms with E-state index in [1.54, 1.807) is 7.11 Å². The van der Waals surface area contributed by atoms with Crippen molar-refractivity contribution in [1.82, 2.24) is 10.2 Å². The maximum absolute atomic E-state index is 9.60. The van der Waals surface area contributed by atoms with Gasteiger partial charge in [-0.05, 0) is 48.9 Å². The fourth-order valence-electron chi connectivity index (χ4n) is 4.16. The molecule has 7 nitrogen and oxygen atoms in total. The summed E-state index contributed by atoms with van der Waals surface area (Å²) >= 11 is 6.23. The van der Waals surface area contributed by atoms with Crippen molar-refractivity contribution >= 4 is 52.1 Å². The van der Waals surface area contributed by atoms with Crippen LogP contribution in [-0.4, -0.2) is 48.7 Å². The SMILES string of the molecule is Cl.[C-]#[N+]c1ccc2c(N3CCCC(CO)C3)nnc(NCCc3ccc(OC)c(Cl)c3)c2c1. The predicted molar refractivity (Wildman–Crippen MR) is 135 cm³/mol. The molecule has 0 aliphatic carbocycles. The molecule has 174 valence electrons. The van der Waals surface area contributed by atoms with Crippen molar-refractivity contribution in [3.05, 3.63) is 58.4 Å². The van der Waals surface area contributed by atoms with Crippen LogP contribution in [0.2, 0.25) is 5.02 Å². The maximum Gasteiger partial charge on any atom is 0.188 e. The third-order valence-corrected chi connectivity index (χ3v) is 6.17. The number of rotatable bonds is 7. The van der Waals surface area contributed by atoms with E-state index >= 15 is 0 Å². The predicted octanol–water partition coefficient (Wildman–Crippen LogP) is 5.13. The minimum absolute atomic E-state index is 0. The number of ether oxygens (including phenoxy) is 1. The number of aliphatic hydroxyl groups is 1. The number of piperidine rings is 1. The second-order valence-corrected chi connectivity index (χ2v) is 8.40. The van der Waals surface area contributed by atoms with Gasteiger partial charge in [-0.2, -0.15) is 0 Å². The van der Waals surface area contributed by atoms with Crippen molar-refractivity contribution in [2.45, 2.75) is 19.3 Å². The number of nitrogens with one attached hydrogen (secondary N) is 1. The van der Waals surface area contributed by atoms with Gasteiger partial charge in [-0.15, -0.1) is 22.6 Å². The number of aliphatic hydroxyl groups excluding tert-OH is 1. The zero-order chi connectivity index (χ0) is 22.5. The maximum atomic E-state index is 9.60. The smallest absolute Gasteiger partial charge is 0.188 e. The first kappa shape index (κ1) is 24.8. The molecule has 2 N–H and O–H groups in total. The van der Waals surface area contributed by atoms with Crippen LogP contribution in [0.4, 0.5) is 17.3 Å². The number of halogens is 2. The summed E-state index contributed by atoms with van der Waals surface area (Å²) in [6, 6.07) is 11.4. The standard InChI is InChI=1S/C24H26ClN5O2.ClH/c1-26-18-6-7-19-20(13-18)23(27-10-9-16-5-8-22(32-2)21(25)12-16)28-29-24(19)30-11-3-4-17(14-30)15-31;/h5-8,12-13,17,31H,3-4,9-11,14-15H2,2H3,(H,27,28);1H. The van der Waals surface area contributed by atoms with Crippen molar-refractivity contribution in [3.63, 3.8) is 0 Å². The van der Waals surface area contributed by atoms with E-state index in [2.05, 4.69) is 25.3 Å². The highest BCUT2D eigenvalue weighted by atomic mass is 35.5. The van der Waals surface area contributed by atoms with Crippen molar-refractivity contribution in [2.75, 3.05) is 43.6 Å². The Hall–Kier alpha value is -2.79. The molecule has 0 spiro atoms. The second kappa shape index (κ2) is 11.4. The largest absolute Gasteiger partial charge is 0.495 e. The summed E-state index contributed by atoms with van der Waals surface area (Å²) in [5.74, 6) is 2.37. The van der Waals surface area contributed by atoms with Crippen LogP contribution in [0.5, 0.6) is 5.75 Å². The number of hydrogen-bond donors (Lipinski definition) is 2. The van der Waals surface area contributed by atoms with Gasteiger partial charge in [0.05, 0.1) is 18.7 Å². The van der Waals surface area contributed by atoms with Crippen LogP contribution >= 0.6 is 24.0 Å². The van der Waals surface area contributed by atoms with E-state index in [-0.39, 0.29) is 24.9 Å². The lowest BCUT2D eigenvalue weighted by molar-refractivity contribution is 0.208. The molecule has 0 amide bonds. The third-order valence-electron chi connectivity index (χ3n) is 5.87. The summed E-state index contributed by atoms with van der Waals surface area (Å²) in [5.41, 5.74) is 1.65. The van der Waals surface area contributed by atoms with Gasteiger partial charge in [0.15, 0.2) is 17.3 Å². The van der Waals surface area contributed by atoms with Gasteiger partial charge in [0, 0.05) is 37.0 Å². The molecule has 0 bridgehead atoms. The normalized spacial score (nSPS) is 15.6. The Morgan fingerprint density at radius 3 is 2.82 bits per heavy atom. The Morgan fingerprint density at radius 1 is 1.24 bits per heavy atom. The molecule has 9 heteroatoms. The molecule has 33 heavy (non-hydrogen) atoms. The van der Waals surface area contributed by atoms with Gasteiger partial charge in [-0.25, -0.2) is 4.85 Å². The second-order valence-electron chi connectivity index (χ2n) is 8.00. The van der Waals surface area contributed by atoms with Gasteiger partial charge >= 0.3 is 0 Å². The Labute approximate surface area is 204 Å². The number of aromatic nitrogens is 2. The number of hydrogen-bond acceptors (Lipinski definition) is 6. The molecule has 1 aromatic heterocycles. The zero-order valence-corrected chi connectivity index (χ0v) is 20.0. The van der Waals surface area contributed by atoms with E-state index in [1.165, 1.54) is 0 Å². The number of nitrogens with zero attached hydrogens (tertiary/aromatic N) is 4. The summed E-state index contributed by atoms with van der Waals surface area (Å²) in [6.45, 7) is 9.87. The van der Waals surface area contributed by atoms with Crippen LogP contribution in [0.1, 0.15) is 18.4 Å². The van der Waals surface area contributed by atoms with E-state index in [4.69, 9.17) is 22.9 Å². The van der Waals surface area contributed by atoms with Gasteiger partial charge in [0.2, 0.25) is 0 Å². The summed E-state index contributed by atoms with van der Waals surface area (Å²) in [4.78, 5) is 5.78. The number of benzene rings is 2. The fraction of sp³-hybridized carbons (Fsp3) is 0.375. The van der Waals surface area contributed by atoms with Gasteiger partial charge in [-0.1, -0.05) is 29.8 Å². The van der Waals surface area contributed by atoms with Crippen LogP contribution in [-0.2, 0) is 6.42 Å². The van der Waals surface area contributed by atoms with Gasteiger partial charge in [0.25, 0.3) is 0 Å². The summed E-state index contributed by atoms with van der Waals surface area (Å²) in [7, 11) is 1.60. The minimum atomic E-state index is 0. The number of methoxy groups -OCH3 is 1. The molecular formula is C24H27Cl2N5O2. The van der Waals surface area contributed by atoms with Crippen molar-refractivity contribution < 1.29 is 9.84 Å².